The topological polar surface area (TPSA) is 70.9 Å². The van der Waals surface area contributed by atoms with Gasteiger partial charge in [0.15, 0.2) is 5.65 Å². The van der Waals surface area contributed by atoms with E-state index >= 15 is 0 Å². The largest absolute Gasteiger partial charge is 0.393 e. The van der Waals surface area contributed by atoms with Crippen LogP contribution in [0.5, 0.6) is 0 Å². The van der Waals surface area contributed by atoms with Gasteiger partial charge in [0, 0.05) is 18.9 Å². The molecule has 0 aliphatic rings. The Morgan fingerprint density at radius 2 is 2.12 bits per heavy atom. The SMILES string of the molecule is CC(O)CCCNc1ccc2nccnc2n1. The number of fused-ring (bicyclic) bond motifs is 1. The molecule has 0 aliphatic heterocycles. The Kier molecular flexibility index (Phi) is 3.82. The predicted octanol–water partition coefficient (Wildman–Crippen LogP) is 1.60. The lowest BCUT2D eigenvalue weighted by molar-refractivity contribution is 0.183. The summed E-state index contributed by atoms with van der Waals surface area (Å²) in [5.74, 6) is 0.795. The number of nitrogens with zero attached hydrogens (tertiary/aromatic N) is 3. The molecule has 2 N–H and O–H groups in total. The molecule has 2 aromatic rings. The van der Waals surface area contributed by atoms with Crippen LogP contribution in [0.25, 0.3) is 11.2 Å². The third-order valence-corrected chi connectivity index (χ3v) is 2.44. The third kappa shape index (κ3) is 3.35. The molecule has 5 nitrogen and oxygen atoms in total. The molecule has 0 fully saturated rings. The second-order valence-corrected chi connectivity index (χ2v) is 4.01. The Morgan fingerprint density at radius 3 is 2.94 bits per heavy atom. The average Bonchev–Trinajstić information content (AvgIpc) is 2.34. The Balaban J connectivity index is 1.95. The highest BCUT2D eigenvalue weighted by atomic mass is 16.3. The molecule has 0 aromatic carbocycles. The number of rotatable bonds is 5. The standard InChI is InChI=1S/C12H16N4O/c1-9(17)3-2-6-14-11-5-4-10-12(16-11)15-8-7-13-10/h4-5,7-9,17H,2-3,6H2,1H3,(H,14,15,16). The summed E-state index contributed by atoms with van der Waals surface area (Å²) < 4.78 is 0. The molecular formula is C12H16N4O. The minimum absolute atomic E-state index is 0.243. The number of anilines is 1. The van der Waals surface area contributed by atoms with Gasteiger partial charge in [-0.05, 0) is 31.9 Å². The van der Waals surface area contributed by atoms with Crippen LogP contribution in [0.3, 0.4) is 0 Å². The van der Waals surface area contributed by atoms with E-state index < -0.39 is 0 Å². The van der Waals surface area contributed by atoms with Gasteiger partial charge >= 0.3 is 0 Å². The third-order valence-electron chi connectivity index (χ3n) is 2.44. The highest BCUT2D eigenvalue weighted by molar-refractivity contribution is 5.71. The van der Waals surface area contributed by atoms with Crippen molar-refractivity contribution in [2.75, 3.05) is 11.9 Å². The highest BCUT2D eigenvalue weighted by Crippen LogP contribution is 2.10. The summed E-state index contributed by atoms with van der Waals surface area (Å²) in [6, 6.07) is 3.78. The number of nitrogens with one attached hydrogen (secondary N) is 1. The maximum Gasteiger partial charge on any atom is 0.180 e. The van der Waals surface area contributed by atoms with Crippen molar-refractivity contribution in [3.8, 4) is 0 Å². The van der Waals surface area contributed by atoms with E-state index in [0.717, 1.165) is 30.7 Å². The molecule has 0 amide bonds. The molecule has 0 aliphatic carbocycles. The van der Waals surface area contributed by atoms with Crippen molar-refractivity contribution in [3.63, 3.8) is 0 Å². The van der Waals surface area contributed by atoms with Crippen molar-refractivity contribution in [1.29, 1.82) is 0 Å². The Labute approximate surface area is 99.9 Å². The first-order chi connectivity index (χ1) is 8.25. The number of pyridine rings is 1. The van der Waals surface area contributed by atoms with Gasteiger partial charge in [-0.3, -0.25) is 4.98 Å². The van der Waals surface area contributed by atoms with Gasteiger partial charge in [0.2, 0.25) is 0 Å². The molecule has 2 rings (SSSR count). The van der Waals surface area contributed by atoms with E-state index in [4.69, 9.17) is 5.11 Å². The van der Waals surface area contributed by atoms with Crippen molar-refractivity contribution in [2.45, 2.75) is 25.9 Å². The van der Waals surface area contributed by atoms with Crippen LogP contribution in [0.15, 0.2) is 24.5 Å². The van der Waals surface area contributed by atoms with Gasteiger partial charge in [-0.25, -0.2) is 9.97 Å². The monoisotopic (exact) mass is 232 g/mol. The summed E-state index contributed by atoms with van der Waals surface area (Å²) in [5.41, 5.74) is 1.44. The van der Waals surface area contributed by atoms with Gasteiger partial charge in [0.1, 0.15) is 11.3 Å². The van der Waals surface area contributed by atoms with E-state index in [-0.39, 0.29) is 6.10 Å². The molecule has 5 heteroatoms. The van der Waals surface area contributed by atoms with Crippen LogP contribution in [-0.4, -0.2) is 32.7 Å². The molecule has 0 saturated heterocycles. The zero-order chi connectivity index (χ0) is 12.1. The van der Waals surface area contributed by atoms with Crippen LogP contribution in [0, 0.1) is 0 Å². The van der Waals surface area contributed by atoms with Gasteiger partial charge < -0.3 is 10.4 Å². The number of aliphatic hydroxyl groups is 1. The fourth-order valence-corrected chi connectivity index (χ4v) is 1.57. The molecule has 0 radical (unpaired) electrons. The van der Waals surface area contributed by atoms with Crippen LogP contribution in [0.4, 0.5) is 5.82 Å². The lowest BCUT2D eigenvalue weighted by atomic mass is 10.2. The molecule has 0 bridgehead atoms. The average molecular weight is 232 g/mol. The van der Waals surface area contributed by atoms with Crippen LogP contribution >= 0.6 is 0 Å². The van der Waals surface area contributed by atoms with Gasteiger partial charge in [0.25, 0.3) is 0 Å². The molecule has 2 aromatic heterocycles. The summed E-state index contributed by atoms with van der Waals surface area (Å²) >= 11 is 0. The molecule has 1 unspecified atom stereocenters. The van der Waals surface area contributed by atoms with E-state index in [1.165, 1.54) is 0 Å². The van der Waals surface area contributed by atoms with E-state index in [0.29, 0.717) is 5.65 Å². The van der Waals surface area contributed by atoms with E-state index in [1.807, 2.05) is 12.1 Å². The summed E-state index contributed by atoms with van der Waals surface area (Å²) in [7, 11) is 0. The highest BCUT2D eigenvalue weighted by Gasteiger charge is 2.00. The molecular weight excluding hydrogens is 216 g/mol. The molecule has 90 valence electrons. The van der Waals surface area contributed by atoms with Crippen molar-refractivity contribution < 1.29 is 5.11 Å². The predicted molar refractivity (Wildman–Crippen MR) is 66.7 cm³/mol. The van der Waals surface area contributed by atoms with Crippen molar-refractivity contribution in [3.05, 3.63) is 24.5 Å². The first-order valence-corrected chi connectivity index (χ1v) is 5.75. The first kappa shape index (κ1) is 11.7. The summed E-state index contributed by atoms with van der Waals surface area (Å²) in [5, 5.41) is 12.3. The fraction of sp³-hybridized carbons (Fsp3) is 0.417. The maximum atomic E-state index is 9.13. The van der Waals surface area contributed by atoms with Crippen molar-refractivity contribution >= 4 is 17.0 Å². The summed E-state index contributed by atoms with van der Waals surface area (Å²) in [6.45, 7) is 2.59. The molecule has 0 saturated carbocycles. The zero-order valence-corrected chi connectivity index (χ0v) is 9.80. The fourth-order valence-electron chi connectivity index (χ4n) is 1.57. The van der Waals surface area contributed by atoms with Crippen LogP contribution in [0.2, 0.25) is 0 Å². The van der Waals surface area contributed by atoms with Crippen molar-refractivity contribution in [1.82, 2.24) is 15.0 Å². The zero-order valence-electron chi connectivity index (χ0n) is 9.80. The minimum Gasteiger partial charge on any atom is -0.393 e. The van der Waals surface area contributed by atoms with Crippen LogP contribution in [0.1, 0.15) is 19.8 Å². The van der Waals surface area contributed by atoms with Gasteiger partial charge in [-0.2, -0.15) is 0 Å². The van der Waals surface area contributed by atoms with Gasteiger partial charge in [-0.15, -0.1) is 0 Å². The summed E-state index contributed by atoms with van der Waals surface area (Å²) in [4.78, 5) is 12.6. The maximum absolute atomic E-state index is 9.13. The second-order valence-electron chi connectivity index (χ2n) is 4.01. The van der Waals surface area contributed by atoms with E-state index in [1.54, 1.807) is 19.3 Å². The van der Waals surface area contributed by atoms with Gasteiger partial charge in [-0.1, -0.05) is 0 Å². The van der Waals surface area contributed by atoms with E-state index in [9.17, 15) is 0 Å². The molecule has 1 atom stereocenters. The minimum atomic E-state index is -0.243. The lowest BCUT2D eigenvalue weighted by Crippen LogP contribution is -2.07. The second kappa shape index (κ2) is 5.54. The number of aliphatic hydroxyl groups excluding tert-OH is 1. The Hall–Kier alpha value is -1.75. The molecule has 2 heterocycles. The molecule has 0 spiro atoms. The van der Waals surface area contributed by atoms with Crippen LogP contribution < -0.4 is 5.32 Å². The number of hydrogen-bond acceptors (Lipinski definition) is 5. The van der Waals surface area contributed by atoms with E-state index in [2.05, 4.69) is 20.3 Å². The molecule has 17 heavy (non-hydrogen) atoms. The van der Waals surface area contributed by atoms with Gasteiger partial charge in [0.05, 0.1) is 6.10 Å². The smallest absolute Gasteiger partial charge is 0.180 e. The quantitative estimate of drug-likeness (QED) is 0.766. The Morgan fingerprint density at radius 1 is 1.29 bits per heavy atom. The van der Waals surface area contributed by atoms with Crippen LogP contribution in [-0.2, 0) is 0 Å². The number of hydrogen-bond donors (Lipinski definition) is 2. The van der Waals surface area contributed by atoms with Crippen molar-refractivity contribution in [2.24, 2.45) is 0 Å². The number of aromatic nitrogens is 3. The normalized spacial score (nSPS) is 12.6. The Bertz CT molecular complexity index is 487. The lowest BCUT2D eigenvalue weighted by Gasteiger charge is -2.07. The summed E-state index contributed by atoms with van der Waals surface area (Å²) in [6.07, 6.45) is 4.75. The first-order valence-electron chi connectivity index (χ1n) is 5.75.